The van der Waals surface area contributed by atoms with Crippen LogP contribution in [0.4, 0.5) is 10.5 Å². The molecule has 0 aromatic heterocycles. The average Bonchev–Trinajstić information content (AvgIpc) is 3.06. The predicted molar refractivity (Wildman–Crippen MR) is 180 cm³/mol. The lowest BCUT2D eigenvalue weighted by atomic mass is 9.96. The van der Waals surface area contributed by atoms with Gasteiger partial charge in [0.25, 0.3) is 0 Å². The van der Waals surface area contributed by atoms with Gasteiger partial charge < -0.3 is 24.8 Å². The summed E-state index contributed by atoms with van der Waals surface area (Å²) in [7, 11) is 0. The molecule has 2 N–H and O–H groups in total. The van der Waals surface area contributed by atoms with Crippen molar-refractivity contribution in [2.24, 2.45) is 5.92 Å². The standard InChI is InChI=1S/C36H53N5O4/c1-3-41(4-2)35(43)30-16-13-24-40(28-30)23-12-6-9-19-34(42)37-22-27-39-25-20-31(21-26-39)45-36(44)38-33-18-11-10-17-32(33)29-14-7-5-8-15-29/h5,7-8,10-11,14-15,17-18,30-31H,3-4,6,9,12-13,16,19-28H2,1-2H3,(H,37,42)(H,38,44)/t30-/m1/s1. The van der Waals surface area contributed by atoms with E-state index in [0.29, 0.717) is 18.9 Å². The fraction of sp³-hybridized carbons (Fsp3) is 0.583. The van der Waals surface area contributed by atoms with E-state index < -0.39 is 6.09 Å². The molecule has 0 spiro atoms. The number of likely N-dealkylation sites (tertiary alicyclic amines) is 2. The lowest BCUT2D eigenvalue weighted by Crippen LogP contribution is -2.45. The van der Waals surface area contributed by atoms with Crippen molar-refractivity contribution in [1.82, 2.24) is 20.0 Å². The van der Waals surface area contributed by atoms with Gasteiger partial charge in [0.1, 0.15) is 6.10 Å². The fourth-order valence-corrected chi connectivity index (χ4v) is 6.50. The third-order valence-electron chi connectivity index (χ3n) is 9.12. The number of amides is 3. The molecule has 0 unspecified atom stereocenters. The highest BCUT2D eigenvalue weighted by molar-refractivity contribution is 5.91. The Kier molecular flexibility index (Phi) is 14.2. The van der Waals surface area contributed by atoms with E-state index in [9.17, 15) is 14.4 Å². The van der Waals surface area contributed by atoms with Crippen LogP contribution in [-0.4, -0.2) is 97.6 Å². The van der Waals surface area contributed by atoms with Crippen LogP contribution in [-0.2, 0) is 14.3 Å². The van der Waals surface area contributed by atoms with Crippen LogP contribution >= 0.6 is 0 Å². The van der Waals surface area contributed by atoms with Crippen LogP contribution in [0.2, 0.25) is 0 Å². The molecule has 9 heteroatoms. The minimum absolute atomic E-state index is 0.113. The van der Waals surface area contributed by atoms with Gasteiger partial charge in [0, 0.05) is 57.8 Å². The largest absolute Gasteiger partial charge is 0.446 e. The maximum Gasteiger partial charge on any atom is 0.411 e. The van der Waals surface area contributed by atoms with Crippen LogP contribution in [0.5, 0.6) is 0 Å². The summed E-state index contributed by atoms with van der Waals surface area (Å²) in [5.74, 6) is 0.558. The molecule has 3 amide bonds. The van der Waals surface area contributed by atoms with Gasteiger partial charge in [-0.1, -0.05) is 55.0 Å². The van der Waals surface area contributed by atoms with E-state index in [0.717, 1.165) is 114 Å². The summed E-state index contributed by atoms with van der Waals surface area (Å²) in [6.45, 7) is 11.7. The second-order valence-electron chi connectivity index (χ2n) is 12.3. The number of rotatable bonds is 15. The first-order chi connectivity index (χ1) is 22.0. The van der Waals surface area contributed by atoms with Gasteiger partial charge in [-0.15, -0.1) is 0 Å². The molecule has 2 saturated heterocycles. The molecule has 0 bridgehead atoms. The SMILES string of the molecule is CCN(CC)C(=O)[C@@H]1CCCN(CCCCCC(=O)NCCN2CCC(OC(=O)Nc3ccccc3-c3ccccc3)CC2)C1. The normalized spacial score (nSPS) is 17.9. The molecule has 45 heavy (non-hydrogen) atoms. The van der Waals surface area contributed by atoms with Gasteiger partial charge in [-0.2, -0.15) is 0 Å². The van der Waals surface area contributed by atoms with E-state index in [4.69, 9.17) is 4.74 Å². The first-order valence-corrected chi connectivity index (χ1v) is 17.1. The number of unbranched alkanes of at least 4 members (excludes halogenated alkanes) is 2. The van der Waals surface area contributed by atoms with Crippen molar-refractivity contribution in [2.75, 3.05) is 64.2 Å². The lowest BCUT2D eigenvalue weighted by molar-refractivity contribution is -0.137. The number of benzene rings is 2. The Bertz CT molecular complexity index is 1200. The third-order valence-corrected chi connectivity index (χ3v) is 9.12. The number of nitrogens with one attached hydrogen (secondary N) is 2. The van der Waals surface area contributed by atoms with Crippen molar-refractivity contribution in [3.05, 3.63) is 54.6 Å². The molecular weight excluding hydrogens is 566 g/mol. The molecule has 2 aliphatic heterocycles. The fourth-order valence-electron chi connectivity index (χ4n) is 6.50. The number of anilines is 1. The maximum absolute atomic E-state index is 12.7. The van der Waals surface area contributed by atoms with Gasteiger partial charge in [0.15, 0.2) is 0 Å². The number of carbonyl (C=O) groups is 3. The highest BCUT2D eigenvalue weighted by Crippen LogP contribution is 2.28. The Morgan fingerprint density at radius 2 is 1.58 bits per heavy atom. The number of hydrogen-bond donors (Lipinski definition) is 2. The number of nitrogens with zero attached hydrogens (tertiary/aromatic N) is 3. The Labute approximate surface area is 269 Å². The van der Waals surface area contributed by atoms with Crippen LogP contribution in [0.3, 0.4) is 0 Å². The molecule has 2 fully saturated rings. The molecule has 0 aliphatic carbocycles. The first-order valence-electron chi connectivity index (χ1n) is 17.1. The Morgan fingerprint density at radius 3 is 2.33 bits per heavy atom. The van der Waals surface area contributed by atoms with Crippen LogP contribution in [0.15, 0.2) is 54.6 Å². The van der Waals surface area contributed by atoms with Gasteiger partial charge >= 0.3 is 6.09 Å². The average molecular weight is 620 g/mol. The number of hydrogen-bond acceptors (Lipinski definition) is 6. The van der Waals surface area contributed by atoms with Gasteiger partial charge in [-0.3, -0.25) is 14.9 Å². The van der Waals surface area contributed by atoms with E-state index in [1.807, 2.05) is 59.5 Å². The van der Waals surface area contributed by atoms with Crippen molar-refractivity contribution >= 4 is 23.6 Å². The van der Waals surface area contributed by atoms with Crippen LogP contribution in [0, 0.1) is 5.92 Å². The molecule has 9 nitrogen and oxygen atoms in total. The van der Waals surface area contributed by atoms with Gasteiger partial charge in [0.05, 0.1) is 11.6 Å². The van der Waals surface area contributed by atoms with Crippen molar-refractivity contribution in [3.8, 4) is 11.1 Å². The number of piperidine rings is 2. The van der Waals surface area contributed by atoms with E-state index in [1.54, 1.807) is 0 Å². The summed E-state index contributed by atoms with van der Waals surface area (Å²) in [4.78, 5) is 44.5. The zero-order valence-corrected chi connectivity index (χ0v) is 27.3. The molecule has 2 aromatic carbocycles. The highest BCUT2D eigenvalue weighted by Gasteiger charge is 2.28. The smallest absolute Gasteiger partial charge is 0.411 e. The summed E-state index contributed by atoms with van der Waals surface area (Å²) in [6, 6.07) is 17.7. The number of ether oxygens (including phenoxy) is 1. The van der Waals surface area contributed by atoms with E-state index in [-0.39, 0.29) is 17.9 Å². The van der Waals surface area contributed by atoms with E-state index >= 15 is 0 Å². The van der Waals surface area contributed by atoms with Crippen molar-refractivity contribution in [2.45, 2.75) is 71.3 Å². The van der Waals surface area contributed by atoms with E-state index in [1.165, 1.54) is 0 Å². The zero-order chi connectivity index (χ0) is 31.9. The monoisotopic (exact) mass is 619 g/mol. The Balaban J connectivity index is 1.03. The third kappa shape index (κ3) is 11.2. The number of para-hydroxylation sites is 1. The minimum Gasteiger partial charge on any atom is -0.446 e. The summed E-state index contributed by atoms with van der Waals surface area (Å²) < 4.78 is 5.75. The molecule has 2 heterocycles. The molecular formula is C36H53N5O4. The first kappa shape index (κ1) is 34.4. The highest BCUT2D eigenvalue weighted by atomic mass is 16.6. The van der Waals surface area contributed by atoms with Crippen LogP contribution in [0.25, 0.3) is 11.1 Å². The van der Waals surface area contributed by atoms with Gasteiger partial charge in [-0.25, -0.2) is 4.79 Å². The molecule has 2 aliphatic rings. The molecule has 0 saturated carbocycles. The Morgan fingerprint density at radius 1 is 0.844 bits per heavy atom. The summed E-state index contributed by atoms with van der Waals surface area (Å²) in [5, 5.41) is 6.00. The lowest BCUT2D eigenvalue weighted by Gasteiger charge is -2.34. The van der Waals surface area contributed by atoms with Crippen molar-refractivity contribution in [3.63, 3.8) is 0 Å². The van der Waals surface area contributed by atoms with Crippen LogP contribution in [0.1, 0.15) is 65.2 Å². The molecule has 1 atom stereocenters. The second-order valence-corrected chi connectivity index (χ2v) is 12.3. The van der Waals surface area contributed by atoms with Gasteiger partial charge in [-0.05, 0) is 77.1 Å². The quantitative estimate of drug-likeness (QED) is 0.251. The summed E-state index contributed by atoms with van der Waals surface area (Å²) in [5.41, 5.74) is 2.74. The molecule has 2 aromatic rings. The predicted octanol–water partition coefficient (Wildman–Crippen LogP) is 5.62. The van der Waals surface area contributed by atoms with Crippen molar-refractivity contribution < 1.29 is 19.1 Å². The second kappa shape index (κ2) is 18.5. The molecule has 0 radical (unpaired) electrons. The topological polar surface area (TPSA) is 94.2 Å². The minimum atomic E-state index is -0.422. The maximum atomic E-state index is 12.7. The van der Waals surface area contributed by atoms with Crippen LogP contribution < -0.4 is 10.6 Å². The number of carbonyl (C=O) groups excluding carboxylic acids is 3. The van der Waals surface area contributed by atoms with Gasteiger partial charge in [0.2, 0.25) is 11.8 Å². The Hall–Kier alpha value is -3.43. The van der Waals surface area contributed by atoms with E-state index in [2.05, 4.69) is 34.3 Å². The summed E-state index contributed by atoms with van der Waals surface area (Å²) in [6.07, 6.45) is 6.65. The summed E-state index contributed by atoms with van der Waals surface area (Å²) >= 11 is 0. The van der Waals surface area contributed by atoms with Crippen molar-refractivity contribution in [1.29, 1.82) is 0 Å². The molecule has 246 valence electrons. The zero-order valence-electron chi connectivity index (χ0n) is 27.3. The molecule has 4 rings (SSSR count).